The fourth-order valence-electron chi connectivity index (χ4n) is 6.14. The molecule has 0 aliphatic carbocycles. The summed E-state index contributed by atoms with van der Waals surface area (Å²) in [5, 5.41) is 19.1. The minimum atomic E-state index is -1.31. The number of aliphatic carboxylic acids is 1. The molecule has 2 fully saturated rings. The summed E-state index contributed by atoms with van der Waals surface area (Å²) in [6, 6.07) is -1.88. The van der Waals surface area contributed by atoms with Gasteiger partial charge >= 0.3 is 5.97 Å². The summed E-state index contributed by atoms with van der Waals surface area (Å²) in [6.45, 7) is 5.08. The standard InChI is InChI=1S/C33H48N8O9/c1-19(2)16-23(33(50)41-15-6-9-24(41)30(47)35-17-27(43)44)38-29(46)22(11-12-26(34)42)37-28(45)20(3)36-31(48)25-10-7-14-40(25)32(49)21-8-5-13-39(4)18-21/h5,8,13,18-20,22-25H,6-7,9-12,14-17H2,1-4H3,(H6-,34,35,36,37,38,42,43,44,45,46,47,48)/p+1/t20-,22-,23-,24-,25-/m0/s1. The first kappa shape index (κ1) is 39.3. The van der Waals surface area contributed by atoms with E-state index >= 15 is 0 Å². The van der Waals surface area contributed by atoms with Crippen LogP contribution in [-0.4, -0.2) is 112 Å². The minimum absolute atomic E-state index is 0.0771. The van der Waals surface area contributed by atoms with Crippen LogP contribution in [0.4, 0.5) is 0 Å². The molecule has 0 spiro atoms. The van der Waals surface area contributed by atoms with E-state index in [9.17, 15) is 38.4 Å². The Morgan fingerprint density at radius 2 is 1.52 bits per heavy atom. The third-order valence-electron chi connectivity index (χ3n) is 8.64. The lowest BCUT2D eigenvalue weighted by Crippen LogP contribution is -2.59. The molecular weight excluding hydrogens is 652 g/mol. The summed E-state index contributed by atoms with van der Waals surface area (Å²) >= 11 is 0. The summed E-state index contributed by atoms with van der Waals surface area (Å²) in [6.07, 6.45) is 4.97. The smallest absolute Gasteiger partial charge is 0.322 e. The molecule has 0 aromatic carbocycles. The van der Waals surface area contributed by atoms with E-state index in [0.717, 1.165) is 0 Å². The number of aromatic nitrogens is 1. The molecule has 17 nitrogen and oxygen atoms in total. The van der Waals surface area contributed by atoms with Gasteiger partial charge in [-0.3, -0.25) is 38.4 Å². The van der Waals surface area contributed by atoms with Crippen LogP contribution >= 0.6 is 0 Å². The highest BCUT2D eigenvalue weighted by Crippen LogP contribution is 2.22. The van der Waals surface area contributed by atoms with E-state index < -0.39 is 78.2 Å². The highest BCUT2D eigenvalue weighted by molar-refractivity contribution is 5.99. The van der Waals surface area contributed by atoms with Crippen molar-refractivity contribution in [2.75, 3.05) is 19.6 Å². The number of carbonyl (C=O) groups is 8. The number of nitrogens with two attached hydrogens (primary N) is 1. The van der Waals surface area contributed by atoms with Crippen molar-refractivity contribution in [3.05, 3.63) is 30.1 Å². The Bertz CT molecular complexity index is 1470. The fourth-order valence-corrected chi connectivity index (χ4v) is 6.14. The lowest BCUT2D eigenvalue weighted by molar-refractivity contribution is -0.671. The Kier molecular flexibility index (Phi) is 14.2. The Balaban J connectivity index is 1.69. The molecule has 1 aromatic rings. The number of hydrogen-bond acceptors (Lipinski definition) is 8. The first-order valence-electron chi connectivity index (χ1n) is 16.8. The average molecular weight is 702 g/mol. The molecule has 7 amide bonds. The largest absolute Gasteiger partial charge is 0.480 e. The number of primary amides is 1. The number of amides is 7. The lowest BCUT2D eigenvalue weighted by atomic mass is 10.0. The van der Waals surface area contributed by atoms with Crippen molar-refractivity contribution in [3.63, 3.8) is 0 Å². The first-order chi connectivity index (χ1) is 23.6. The van der Waals surface area contributed by atoms with Crippen LogP contribution < -0.4 is 31.6 Å². The number of carboxylic acid groups (broad SMARTS) is 1. The molecule has 5 atom stereocenters. The maximum Gasteiger partial charge on any atom is 0.322 e. The molecule has 7 N–H and O–H groups in total. The number of carbonyl (C=O) groups excluding carboxylic acids is 7. The van der Waals surface area contributed by atoms with Crippen LogP contribution in [0.5, 0.6) is 0 Å². The van der Waals surface area contributed by atoms with Gasteiger partial charge in [-0.1, -0.05) is 13.8 Å². The average Bonchev–Trinajstić information content (AvgIpc) is 3.75. The molecule has 50 heavy (non-hydrogen) atoms. The second-order valence-electron chi connectivity index (χ2n) is 13.2. The molecule has 3 heterocycles. The van der Waals surface area contributed by atoms with E-state index in [2.05, 4.69) is 21.3 Å². The zero-order chi connectivity index (χ0) is 37.1. The highest BCUT2D eigenvalue weighted by atomic mass is 16.4. The number of nitrogens with zero attached hydrogens (tertiary/aromatic N) is 3. The number of rotatable bonds is 16. The predicted octanol–water partition coefficient (Wildman–Crippen LogP) is -1.91. The maximum atomic E-state index is 13.7. The Morgan fingerprint density at radius 3 is 2.12 bits per heavy atom. The third kappa shape index (κ3) is 11.0. The number of hydrogen-bond donors (Lipinski definition) is 6. The molecule has 0 saturated carbocycles. The second kappa shape index (κ2) is 18.1. The maximum absolute atomic E-state index is 13.7. The third-order valence-corrected chi connectivity index (χ3v) is 8.64. The van der Waals surface area contributed by atoms with Crippen LogP contribution in [0.15, 0.2) is 24.5 Å². The molecule has 2 aliphatic rings. The molecule has 0 bridgehead atoms. The molecule has 2 saturated heterocycles. The van der Waals surface area contributed by atoms with Crippen molar-refractivity contribution >= 4 is 47.3 Å². The fraction of sp³-hybridized carbons (Fsp3) is 0.606. The van der Waals surface area contributed by atoms with Crippen LogP contribution in [0.25, 0.3) is 0 Å². The van der Waals surface area contributed by atoms with E-state index in [1.165, 1.54) is 16.7 Å². The minimum Gasteiger partial charge on any atom is -0.480 e. The number of nitrogens with one attached hydrogen (secondary N) is 4. The van der Waals surface area contributed by atoms with Gasteiger partial charge in [0.2, 0.25) is 35.4 Å². The van der Waals surface area contributed by atoms with E-state index in [-0.39, 0.29) is 37.6 Å². The van der Waals surface area contributed by atoms with E-state index in [4.69, 9.17) is 10.8 Å². The Hall–Kier alpha value is -5.09. The molecule has 3 rings (SSSR count). The molecule has 0 radical (unpaired) electrons. The van der Waals surface area contributed by atoms with Crippen LogP contribution in [0, 0.1) is 5.92 Å². The first-order valence-corrected chi connectivity index (χ1v) is 16.8. The van der Waals surface area contributed by atoms with Crippen molar-refractivity contribution in [1.82, 2.24) is 31.1 Å². The second-order valence-corrected chi connectivity index (χ2v) is 13.2. The molecule has 0 unspecified atom stereocenters. The summed E-state index contributed by atoms with van der Waals surface area (Å²) in [4.78, 5) is 105. The van der Waals surface area contributed by atoms with Crippen molar-refractivity contribution in [3.8, 4) is 0 Å². The molecule has 17 heteroatoms. The van der Waals surface area contributed by atoms with E-state index in [0.29, 0.717) is 37.8 Å². The topological polar surface area (TPSA) is 241 Å². The van der Waals surface area contributed by atoms with Gasteiger partial charge in [0, 0.05) is 25.6 Å². The van der Waals surface area contributed by atoms with Crippen molar-refractivity contribution in [2.24, 2.45) is 18.7 Å². The van der Waals surface area contributed by atoms with E-state index in [1.807, 2.05) is 13.8 Å². The van der Waals surface area contributed by atoms with Gasteiger partial charge in [-0.2, -0.15) is 0 Å². The zero-order valence-electron chi connectivity index (χ0n) is 29.0. The van der Waals surface area contributed by atoms with Crippen LogP contribution in [0.1, 0.15) is 76.1 Å². The number of pyridine rings is 1. The van der Waals surface area contributed by atoms with Gasteiger partial charge < -0.3 is 41.9 Å². The van der Waals surface area contributed by atoms with E-state index in [1.54, 1.807) is 36.1 Å². The van der Waals surface area contributed by atoms with Gasteiger partial charge in [-0.15, -0.1) is 0 Å². The van der Waals surface area contributed by atoms with Crippen molar-refractivity contribution in [2.45, 2.75) is 95.9 Å². The molecule has 274 valence electrons. The lowest BCUT2D eigenvalue weighted by Gasteiger charge is -2.30. The highest BCUT2D eigenvalue weighted by Gasteiger charge is 2.39. The van der Waals surface area contributed by atoms with Crippen molar-refractivity contribution in [1.29, 1.82) is 0 Å². The monoisotopic (exact) mass is 701 g/mol. The SMILES string of the molecule is CC(C)C[C@H](NC(=O)[C@H](CCC(N)=O)NC(=O)[C@H](C)NC(=O)[C@@H]1CCCN1C(=O)c1ccc[n+](C)c1)C(=O)N1CCC[C@H]1C(=O)NCC(=O)O. The van der Waals surface area contributed by atoms with Crippen LogP contribution in [0.3, 0.4) is 0 Å². The predicted molar refractivity (Wildman–Crippen MR) is 176 cm³/mol. The summed E-state index contributed by atoms with van der Waals surface area (Å²) in [5.74, 6) is -5.55. The van der Waals surface area contributed by atoms with Gasteiger partial charge in [0.15, 0.2) is 12.4 Å². The van der Waals surface area contributed by atoms with Gasteiger partial charge in [0.05, 0.1) is 0 Å². The normalized spacial score (nSPS) is 18.9. The molecular formula is C33H49N8O9+. The Labute approximate surface area is 290 Å². The van der Waals surface area contributed by atoms with Gasteiger partial charge in [0.25, 0.3) is 5.91 Å². The number of aryl methyl sites for hydroxylation is 1. The molecule has 2 aliphatic heterocycles. The summed E-state index contributed by atoms with van der Waals surface area (Å²) in [7, 11) is 1.78. The van der Waals surface area contributed by atoms with Crippen LogP contribution in [-0.2, 0) is 40.6 Å². The summed E-state index contributed by atoms with van der Waals surface area (Å²) < 4.78 is 1.73. The van der Waals surface area contributed by atoms with Gasteiger partial charge in [-0.05, 0) is 57.4 Å². The zero-order valence-corrected chi connectivity index (χ0v) is 29.0. The van der Waals surface area contributed by atoms with Gasteiger partial charge in [-0.25, -0.2) is 4.57 Å². The Morgan fingerprint density at radius 1 is 0.900 bits per heavy atom. The van der Waals surface area contributed by atoms with Gasteiger partial charge in [0.1, 0.15) is 49.4 Å². The number of likely N-dealkylation sites (tertiary alicyclic amines) is 2. The van der Waals surface area contributed by atoms with Crippen molar-refractivity contribution < 1.29 is 48.0 Å². The molecule has 1 aromatic heterocycles. The van der Waals surface area contributed by atoms with Crippen LogP contribution in [0.2, 0.25) is 0 Å². The summed E-state index contributed by atoms with van der Waals surface area (Å²) in [5.41, 5.74) is 5.75. The number of carboxylic acids is 1. The quantitative estimate of drug-likeness (QED) is 0.105.